The van der Waals surface area contributed by atoms with Crippen LogP contribution in [0.4, 0.5) is 4.39 Å². The number of benzene rings is 1. The maximum Gasteiger partial charge on any atom is 0.191 e. The number of aryl methyl sites for hydroxylation is 1. The average molecular weight is 337 g/mol. The van der Waals surface area contributed by atoms with E-state index in [2.05, 4.69) is 22.5 Å². The van der Waals surface area contributed by atoms with E-state index >= 15 is 0 Å². The molecule has 3 N–H and O–H groups in total. The summed E-state index contributed by atoms with van der Waals surface area (Å²) in [5.74, 6) is 1.04. The Hall–Kier alpha value is -1.62. The molecule has 0 radical (unpaired) electrons. The fourth-order valence-electron chi connectivity index (χ4n) is 2.74. The van der Waals surface area contributed by atoms with Crippen molar-refractivity contribution in [3.05, 3.63) is 35.1 Å². The maximum absolute atomic E-state index is 13.1. The Morgan fingerprint density at radius 2 is 2.04 bits per heavy atom. The minimum atomic E-state index is -0.190. The monoisotopic (exact) mass is 337 g/mol. The van der Waals surface area contributed by atoms with Gasteiger partial charge in [-0.05, 0) is 62.3 Å². The molecule has 0 aliphatic rings. The summed E-state index contributed by atoms with van der Waals surface area (Å²) in [5.41, 5.74) is 2.12. The Balaban J connectivity index is 2.53. The molecule has 0 amide bonds. The number of hydrogen-bond acceptors (Lipinski definition) is 2. The predicted molar refractivity (Wildman–Crippen MR) is 98.9 cm³/mol. The molecule has 0 bridgehead atoms. The largest absolute Gasteiger partial charge is 0.396 e. The number of rotatable bonds is 10. The summed E-state index contributed by atoms with van der Waals surface area (Å²) >= 11 is 0. The number of nitrogens with one attached hydrogen (secondary N) is 2. The Labute approximate surface area is 145 Å². The van der Waals surface area contributed by atoms with Gasteiger partial charge in [0.2, 0.25) is 0 Å². The standard InChI is InChI=1S/C19H32FN3O/c1-4-6-16(10-12-24)14-23-19(21-5-2)22-11-9-17-7-8-18(20)13-15(17)3/h7-8,13,16,24H,4-6,9-12,14H2,1-3H3,(H2,21,22,23). The number of hydrogen-bond donors (Lipinski definition) is 3. The summed E-state index contributed by atoms with van der Waals surface area (Å²) in [6.07, 6.45) is 3.81. The second-order valence-electron chi connectivity index (χ2n) is 6.13. The van der Waals surface area contributed by atoms with Crippen molar-refractivity contribution in [2.45, 2.75) is 46.5 Å². The minimum absolute atomic E-state index is 0.190. The summed E-state index contributed by atoms with van der Waals surface area (Å²) < 4.78 is 13.1. The van der Waals surface area contributed by atoms with E-state index in [1.54, 1.807) is 6.07 Å². The van der Waals surface area contributed by atoms with Crippen LogP contribution >= 0.6 is 0 Å². The van der Waals surface area contributed by atoms with Gasteiger partial charge in [-0.1, -0.05) is 19.4 Å². The van der Waals surface area contributed by atoms with Gasteiger partial charge in [0.1, 0.15) is 5.82 Å². The third kappa shape index (κ3) is 7.77. The molecule has 1 aromatic carbocycles. The quantitative estimate of drug-likeness (QED) is 0.454. The second-order valence-corrected chi connectivity index (χ2v) is 6.13. The molecule has 4 nitrogen and oxygen atoms in total. The van der Waals surface area contributed by atoms with Gasteiger partial charge < -0.3 is 15.7 Å². The first-order valence-electron chi connectivity index (χ1n) is 8.98. The van der Waals surface area contributed by atoms with Crippen LogP contribution in [0.5, 0.6) is 0 Å². The van der Waals surface area contributed by atoms with Crippen molar-refractivity contribution in [2.24, 2.45) is 10.9 Å². The van der Waals surface area contributed by atoms with E-state index in [1.165, 1.54) is 6.07 Å². The van der Waals surface area contributed by atoms with Gasteiger partial charge in [0.15, 0.2) is 5.96 Å². The van der Waals surface area contributed by atoms with Crippen LogP contribution in [0.25, 0.3) is 0 Å². The van der Waals surface area contributed by atoms with Crippen molar-refractivity contribution in [3.8, 4) is 0 Å². The molecule has 1 aromatic rings. The lowest BCUT2D eigenvalue weighted by atomic mass is 10.0. The Kier molecular flexibility index (Phi) is 10.1. The first-order chi connectivity index (χ1) is 11.6. The van der Waals surface area contributed by atoms with Crippen LogP contribution < -0.4 is 10.6 Å². The van der Waals surface area contributed by atoms with Gasteiger partial charge in [-0.3, -0.25) is 4.99 Å². The van der Waals surface area contributed by atoms with Crippen molar-refractivity contribution in [1.29, 1.82) is 0 Å². The number of halogens is 1. The van der Waals surface area contributed by atoms with Crippen LogP contribution in [0, 0.1) is 18.7 Å². The highest BCUT2D eigenvalue weighted by Crippen LogP contribution is 2.11. The molecule has 1 unspecified atom stereocenters. The predicted octanol–water partition coefficient (Wildman–Crippen LogP) is 3.03. The number of guanidine groups is 1. The van der Waals surface area contributed by atoms with Crippen molar-refractivity contribution in [2.75, 3.05) is 26.2 Å². The molecule has 0 aromatic heterocycles. The lowest BCUT2D eigenvalue weighted by Crippen LogP contribution is -2.38. The van der Waals surface area contributed by atoms with Crippen molar-refractivity contribution in [3.63, 3.8) is 0 Å². The number of aliphatic hydroxyl groups excluding tert-OH is 1. The minimum Gasteiger partial charge on any atom is -0.396 e. The molecular weight excluding hydrogens is 305 g/mol. The van der Waals surface area contributed by atoms with Gasteiger partial charge >= 0.3 is 0 Å². The molecule has 24 heavy (non-hydrogen) atoms. The third-order valence-electron chi connectivity index (χ3n) is 4.08. The average Bonchev–Trinajstić information content (AvgIpc) is 2.54. The van der Waals surface area contributed by atoms with Crippen LogP contribution in [0.1, 0.15) is 44.2 Å². The molecule has 0 saturated carbocycles. The van der Waals surface area contributed by atoms with Crippen LogP contribution in [-0.4, -0.2) is 37.3 Å². The van der Waals surface area contributed by atoms with E-state index in [0.29, 0.717) is 5.92 Å². The van der Waals surface area contributed by atoms with Gasteiger partial charge in [-0.25, -0.2) is 4.39 Å². The fraction of sp³-hybridized carbons (Fsp3) is 0.632. The SMILES string of the molecule is CCCC(CCO)CN=C(NCC)NCCc1ccc(F)cc1C. The summed E-state index contributed by atoms with van der Waals surface area (Å²) in [7, 11) is 0. The zero-order valence-corrected chi connectivity index (χ0v) is 15.2. The van der Waals surface area contributed by atoms with E-state index < -0.39 is 0 Å². The maximum atomic E-state index is 13.1. The van der Waals surface area contributed by atoms with Crippen LogP contribution in [0.15, 0.2) is 23.2 Å². The van der Waals surface area contributed by atoms with Crippen molar-refractivity contribution in [1.82, 2.24) is 10.6 Å². The van der Waals surface area contributed by atoms with Gasteiger partial charge in [0.25, 0.3) is 0 Å². The third-order valence-corrected chi connectivity index (χ3v) is 4.08. The highest BCUT2D eigenvalue weighted by atomic mass is 19.1. The molecule has 1 atom stereocenters. The Morgan fingerprint density at radius 1 is 1.25 bits per heavy atom. The van der Waals surface area contributed by atoms with Crippen molar-refractivity contribution >= 4 is 5.96 Å². The molecule has 0 aliphatic heterocycles. The van der Waals surface area contributed by atoms with Crippen LogP contribution in [0.3, 0.4) is 0 Å². The van der Waals surface area contributed by atoms with E-state index in [9.17, 15) is 4.39 Å². The summed E-state index contributed by atoms with van der Waals surface area (Å²) in [5, 5.41) is 15.7. The molecule has 136 valence electrons. The highest BCUT2D eigenvalue weighted by Gasteiger charge is 2.07. The van der Waals surface area contributed by atoms with Gasteiger partial charge in [0, 0.05) is 26.2 Å². The number of nitrogens with zero attached hydrogens (tertiary/aromatic N) is 1. The summed E-state index contributed by atoms with van der Waals surface area (Å²) in [4.78, 5) is 4.64. The number of aliphatic imine (C=N–C) groups is 1. The smallest absolute Gasteiger partial charge is 0.191 e. The van der Waals surface area contributed by atoms with Gasteiger partial charge in [-0.15, -0.1) is 0 Å². The molecule has 0 fully saturated rings. The van der Waals surface area contributed by atoms with Crippen molar-refractivity contribution < 1.29 is 9.50 Å². The fourth-order valence-corrected chi connectivity index (χ4v) is 2.74. The number of aliphatic hydroxyl groups is 1. The van der Waals surface area contributed by atoms with Crippen LogP contribution in [0.2, 0.25) is 0 Å². The molecule has 1 rings (SSSR count). The summed E-state index contributed by atoms with van der Waals surface area (Å²) in [6, 6.07) is 4.92. The molecule has 0 saturated heterocycles. The van der Waals surface area contributed by atoms with Gasteiger partial charge in [0.05, 0.1) is 0 Å². The normalized spacial score (nSPS) is 13.0. The summed E-state index contributed by atoms with van der Waals surface area (Å²) in [6.45, 7) is 8.62. The molecule has 0 spiro atoms. The molecular formula is C19H32FN3O. The van der Waals surface area contributed by atoms with E-state index in [0.717, 1.165) is 62.4 Å². The van der Waals surface area contributed by atoms with E-state index in [1.807, 2.05) is 19.9 Å². The molecule has 5 heteroatoms. The topological polar surface area (TPSA) is 56.7 Å². The first-order valence-corrected chi connectivity index (χ1v) is 8.98. The lowest BCUT2D eigenvalue weighted by molar-refractivity contribution is 0.253. The zero-order chi connectivity index (χ0) is 17.8. The van der Waals surface area contributed by atoms with E-state index in [4.69, 9.17) is 5.11 Å². The highest BCUT2D eigenvalue weighted by molar-refractivity contribution is 5.79. The Morgan fingerprint density at radius 3 is 2.67 bits per heavy atom. The zero-order valence-electron chi connectivity index (χ0n) is 15.2. The van der Waals surface area contributed by atoms with Gasteiger partial charge in [-0.2, -0.15) is 0 Å². The Bertz CT molecular complexity index is 499. The lowest BCUT2D eigenvalue weighted by Gasteiger charge is -2.15. The first kappa shape index (κ1) is 20.4. The van der Waals surface area contributed by atoms with E-state index in [-0.39, 0.29) is 12.4 Å². The van der Waals surface area contributed by atoms with Crippen LogP contribution in [-0.2, 0) is 6.42 Å². The molecule has 0 aliphatic carbocycles. The second kappa shape index (κ2) is 11.8. The molecule has 0 heterocycles.